The van der Waals surface area contributed by atoms with Gasteiger partial charge >= 0.3 is 0 Å². The van der Waals surface area contributed by atoms with Crippen LogP contribution in [-0.2, 0) is 4.79 Å². The van der Waals surface area contributed by atoms with Crippen LogP contribution >= 0.6 is 0 Å². The standard InChI is InChI=1S/C18H24N2O3/c21-16(14-5-6-14)19-18(12-13-3-4-13)7-9-20(10-8-18)17(22)15-2-1-11-23-15/h1-2,11,13-14H,3-10,12H2,(H,19,21). The largest absolute Gasteiger partial charge is 0.459 e. The van der Waals surface area contributed by atoms with Gasteiger partial charge in [0.05, 0.1) is 6.26 Å². The van der Waals surface area contributed by atoms with E-state index in [0.29, 0.717) is 18.8 Å². The molecule has 2 aliphatic carbocycles. The zero-order valence-electron chi connectivity index (χ0n) is 13.4. The minimum Gasteiger partial charge on any atom is -0.459 e. The molecule has 0 radical (unpaired) electrons. The van der Waals surface area contributed by atoms with Gasteiger partial charge in [0.15, 0.2) is 5.76 Å². The second-order valence-corrected chi connectivity index (χ2v) is 7.46. The van der Waals surface area contributed by atoms with Crippen LogP contribution in [0.3, 0.4) is 0 Å². The van der Waals surface area contributed by atoms with Crippen LogP contribution < -0.4 is 5.32 Å². The Morgan fingerprint density at radius 2 is 1.96 bits per heavy atom. The second kappa shape index (κ2) is 5.69. The van der Waals surface area contributed by atoms with Crippen LogP contribution in [0.2, 0.25) is 0 Å². The topological polar surface area (TPSA) is 62.6 Å². The first-order valence-electron chi connectivity index (χ1n) is 8.80. The van der Waals surface area contributed by atoms with Gasteiger partial charge in [0, 0.05) is 24.5 Å². The van der Waals surface area contributed by atoms with Crippen LogP contribution in [0.1, 0.15) is 55.5 Å². The van der Waals surface area contributed by atoms with E-state index in [0.717, 1.165) is 38.0 Å². The van der Waals surface area contributed by atoms with Crippen molar-refractivity contribution in [3.8, 4) is 0 Å². The number of nitrogens with one attached hydrogen (secondary N) is 1. The van der Waals surface area contributed by atoms with Gasteiger partial charge in [-0.2, -0.15) is 0 Å². The van der Waals surface area contributed by atoms with Crippen molar-refractivity contribution in [1.82, 2.24) is 10.2 Å². The molecular weight excluding hydrogens is 292 g/mol. The fraction of sp³-hybridized carbons (Fsp3) is 0.667. The van der Waals surface area contributed by atoms with Gasteiger partial charge in [-0.25, -0.2) is 0 Å². The molecule has 0 bridgehead atoms. The number of amides is 2. The molecule has 1 N–H and O–H groups in total. The molecule has 0 spiro atoms. The van der Waals surface area contributed by atoms with Gasteiger partial charge in [0.2, 0.25) is 5.91 Å². The van der Waals surface area contributed by atoms with Gasteiger partial charge in [-0.3, -0.25) is 9.59 Å². The molecule has 1 aromatic heterocycles. The molecule has 2 heterocycles. The molecule has 5 nitrogen and oxygen atoms in total. The Morgan fingerprint density at radius 3 is 2.52 bits per heavy atom. The first kappa shape index (κ1) is 14.8. The molecule has 0 unspecified atom stereocenters. The average Bonchev–Trinajstić information content (AvgIpc) is 3.48. The van der Waals surface area contributed by atoms with Gasteiger partial charge in [-0.05, 0) is 50.2 Å². The summed E-state index contributed by atoms with van der Waals surface area (Å²) in [6, 6.07) is 3.45. The van der Waals surface area contributed by atoms with Crippen LogP contribution in [0.4, 0.5) is 0 Å². The lowest BCUT2D eigenvalue weighted by molar-refractivity contribution is -0.125. The maximum Gasteiger partial charge on any atom is 0.289 e. The predicted molar refractivity (Wildman–Crippen MR) is 84.8 cm³/mol. The van der Waals surface area contributed by atoms with E-state index in [1.54, 1.807) is 12.1 Å². The van der Waals surface area contributed by atoms with Crippen molar-refractivity contribution in [3.63, 3.8) is 0 Å². The number of rotatable bonds is 5. The molecule has 2 saturated carbocycles. The number of nitrogens with zero attached hydrogens (tertiary/aromatic N) is 1. The summed E-state index contributed by atoms with van der Waals surface area (Å²) in [6.07, 6.45) is 8.97. The summed E-state index contributed by atoms with van der Waals surface area (Å²) in [5, 5.41) is 3.36. The van der Waals surface area contributed by atoms with E-state index in [9.17, 15) is 9.59 Å². The highest BCUT2D eigenvalue weighted by atomic mass is 16.3. The molecule has 124 valence electrons. The fourth-order valence-corrected chi connectivity index (χ4v) is 3.66. The number of furan rings is 1. The number of carbonyl (C=O) groups excluding carboxylic acids is 2. The summed E-state index contributed by atoms with van der Waals surface area (Å²) < 4.78 is 5.22. The second-order valence-electron chi connectivity index (χ2n) is 7.46. The van der Waals surface area contributed by atoms with Crippen molar-refractivity contribution < 1.29 is 14.0 Å². The SMILES string of the molecule is O=C(NC1(CC2CC2)CCN(C(=O)c2ccco2)CC1)C1CC1. The van der Waals surface area contributed by atoms with Crippen molar-refractivity contribution in [1.29, 1.82) is 0 Å². The summed E-state index contributed by atoms with van der Waals surface area (Å²) in [4.78, 5) is 26.5. The maximum atomic E-state index is 12.4. The summed E-state index contributed by atoms with van der Waals surface area (Å²) in [6.45, 7) is 1.38. The Kier molecular flexibility index (Phi) is 3.66. The quantitative estimate of drug-likeness (QED) is 0.908. The molecule has 23 heavy (non-hydrogen) atoms. The summed E-state index contributed by atoms with van der Waals surface area (Å²) in [7, 11) is 0. The molecular formula is C18H24N2O3. The molecule has 1 aromatic rings. The van der Waals surface area contributed by atoms with E-state index in [1.165, 1.54) is 19.1 Å². The van der Waals surface area contributed by atoms with E-state index in [2.05, 4.69) is 5.32 Å². The normalized spacial score (nSPS) is 23.6. The van der Waals surface area contributed by atoms with Crippen LogP contribution in [0.5, 0.6) is 0 Å². The zero-order valence-corrected chi connectivity index (χ0v) is 13.4. The third-order valence-electron chi connectivity index (χ3n) is 5.45. The molecule has 3 fully saturated rings. The van der Waals surface area contributed by atoms with Crippen molar-refractivity contribution in [3.05, 3.63) is 24.2 Å². The van der Waals surface area contributed by atoms with Gasteiger partial charge < -0.3 is 14.6 Å². The van der Waals surface area contributed by atoms with E-state index in [-0.39, 0.29) is 23.3 Å². The van der Waals surface area contributed by atoms with Gasteiger partial charge in [-0.1, -0.05) is 12.8 Å². The summed E-state index contributed by atoms with van der Waals surface area (Å²) in [5.74, 6) is 1.61. The minimum absolute atomic E-state index is 0.0384. The molecule has 1 saturated heterocycles. The minimum atomic E-state index is -0.0964. The molecule has 2 amide bonds. The molecule has 0 atom stereocenters. The maximum absolute atomic E-state index is 12.4. The van der Waals surface area contributed by atoms with E-state index in [1.807, 2.05) is 4.90 Å². The lowest BCUT2D eigenvalue weighted by Crippen LogP contribution is -2.56. The molecule has 5 heteroatoms. The van der Waals surface area contributed by atoms with E-state index >= 15 is 0 Å². The van der Waals surface area contributed by atoms with Crippen LogP contribution in [-0.4, -0.2) is 35.3 Å². The number of carbonyl (C=O) groups is 2. The van der Waals surface area contributed by atoms with Gasteiger partial charge in [0.25, 0.3) is 5.91 Å². The highest BCUT2D eigenvalue weighted by molar-refractivity contribution is 5.91. The number of likely N-dealkylation sites (tertiary alicyclic amines) is 1. The third-order valence-corrected chi connectivity index (χ3v) is 5.45. The highest BCUT2D eigenvalue weighted by Gasteiger charge is 2.43. The van der Waals surface area contributed by atoms with Crippen molar-refractivity contribution >= 4 is 11.8 Å². The van der Waals surface area contributed by atoms with Gasteiger partial charge in [0.1, 0.15) is 0 Å². The van der Waals surface area contributed by atoms with Crippen LogP contribution in [0.25, 0.3) is 0 Å². The smallest absolute Gasteiger partial charge is 0.289 e. The molecule has 0 aromatic carbocycles. The number of hydrogen-bond donors (Lipinski definition) is 1. The van der Waals surface area contributed by atoms with Crippen molar-refractivity contribution in [2.75, 3.05) is 13.1 Å². The lowest BCUT2D eigenvalue weighted by atomic mass is 9.82. The Morgan fingerprint density at radius 1 is 1.22 bits per heavy atom. The van der Waals surface area contributed by atoms with E-state index in [4.69, 9.17) is 4.42 Å². The monoisotopic (exact) mass is 316 g/mol. The van der Waals surface area contributed by atoms with E-state index < -0.39 is 0 Å². The predicted octanol–water partition coefficient (Wildman–Crippen LogP) is 2.58. The van der Waals surface area contributed by atoms with Crippen LogP contribution in [0, 0.1) is 11.8 Å². The highest BCUT2D eigenvalue weighted by Crippen LogP contribution is 2.41. The summed E-state index contributed by atoms with van der Waals surface area (Å²) >= 11 is 0. The first-order valence-corrected chi connectivity index (χ1v) is 8.80. The molecule has 1 aliphatic heterocycles. The number of piperidine rings is 1. The first-order chi connectivity index (χ1) is 11.2. The van der Waals surface area contributed by atoms with Crippen LogP contribution in [0.15, 0.2) is 22.8 Å². The molecule has 3 aliphatic rings. The fourth-order valence-electron chi connectivity index (χ4n) is 3.66. The summed E-state index contributed by atoms with van der Waals surface area (Å²) in [5.41, 5.74) is -0.0964. The Balaban J connectivity index is 1.41. The van der Waals surface area contributed by atoms with Crippen molar-refractivity contribution in [2.24, 2.45) is 11.8 Å². The molecule has 4 rings (SSSR count). The zero-order chi connectivity index (χ0) is 15.9. The Bertz CT molecular complexity index is 579. The Labute approximate surface area is 136 Å². The average molecular weight is 316 g/mol. The van der Waals surface area contributed by atoms with Crippen molar-refractivity contribution in [2.45, 2.75) is 50.5 Å². The van der Waals surface area contributed by atoms with Gasteiger partial charge in [-0.15, -0.1) is 0 Å². The Hall–Kier alpha value is -1.78. The third kappa shape index (κ3) is 3.28. The lowest BCUT2D eigenvalue weighted by Gasteiger charge is -2.42. The number of hydrogen-bond acceptors (Lipinski definition) is 3.